The maximum atomic E-state index is 13.5. The third-order valence-electron chi connectivity index (χ3n) is 8.04. The lowest BCUT2D eigenvalue weighted by molar-refractivity contribution is -0.140. The van der Waals surface area contributed by atoms with Crippen LogP contribution in [0.1, 0.15) is 46.6 Å². The lowest BCUT2D eigenvalue weighted by atomic mass is 9.76. The highest BCUT2D eigenvalue weighted by Gasteiger charge is 2.50. The number of amides is 1. The fourth-order valence-corrected chi connectivity index (χ4v) is 6.39. The van der Waals surface area contributed by atoms with Gasteiger partial charge in [0.2, 0.25) is 0 Å². The van der Waals surface area contributed by atoms with Gasteiger partial charge in [-0.1, -0.05) is 60.2 Å². The van der Waals surface area contributed by atoms with Gasteiger partial charge in [-0.25, -0.2) is 4.79 Å². The second-order valence-electron chi connectivity index (χ2n) is 10.6. The van der Waals surface area contributed by atoms with Gasteiger partial charge in [0.25, 0.3) is 0 Å². The smallest absolute Gasteiger partial charge is 0.416 e. The first-order valence-corrected chi connectivity index (χ1v) is 12.8. The lowest BCUT2D eigenvalue weighted by Crippen LogP contribution is -2.62. The Morgan fingerprint density at radius 3 is 2.16 bits per heavy atom. The predicted molar refractivity (Wildman–Crippen MR) is 135 cm³/mol. The van der Waals surface area contributed by atoms with Gasteiger partial charge in [0, 0.05) is 18.8 Å². The Kier molecular flexibility index (Phi) is 6.00. The van der Waals surface area contributed by atoms with E-state index in [0.29, 0.717) is 5.56 Å². The Morgan fingerprint density at radius 1 is 1.00 bits per heavy atom. The fraction of sp³-hybridized carbons (Fsp3) is 0.367. The predicted octanol–water partition coefficient (Wildman–Crippen LogP) is 6.01. The average molecular weight is 524 g/mol. The molecule has 2 saturated heterocycles. The molecule has 38 heavy (non-hydrogen) atoms. The maximum absolute atomic E-state index is 13.5. The number of halogens is 3. The van der Waals surface area contributed by atoms with Gasteiger partial charge >= 0.3 is 12.3 Å². The molecule has 0 aromatic heterocycles. The van der Waals surface area contributed by atoms with Crippen LogP contribution in [0.4, 0.5) is 18.0 Å². The minimum absolute atomic E-state index is 0.0639. The number of ether oxygens (including phenoxy) is 2. The van der Waals surface area contributed by atoms with E-state index in [9.17, 15) is 23.1 Å². The number of fused-ring (bicyclic) bond motifs is 5. The minimum atomic E-state index is -4.52. The molecule has 2 bridgehead atoms. The Balaban J connectivity index is 1.21. The second-order valence-corrected chi connectivity index (χ2v) is 10.6. The summed E-state index contributed by atoms with van der Waals surface area (Å²) in [7, 11) is 0. The van der Waals surface area contributed by atoms with Gasteiger partial charge in [-0.15, -0.1) is 0 Å². The third-order valence-corrected chi connectivity index (χ3v) is 8.04. The normalized spacial score (nSPS) is 24.6. The molecule has 1 amide bonds. The number of hydrogen-bond acceptors (Lipinski definition) is 4. The molecule has 2 aliphatic heterocycles. The van der Waals surface area contributed by atoms with E-state index in [1.54, 1.807) is 17.9 Å². The second kappa shape index (κ2) is 9.13. The molecule has 3 aliphatic rings. The van der Waals surface area contributed by atoms with Gasteiger partial charge in [-0.2, -0.15) is 13.2 Å². The third kappa shape index (κ3) is 4.25. The van der Waals surface area contributed by atoms with E-state index < -0.39 is 35.5 Å². The Morgan fingerprint density at radius 2 is 1.58 bits per heavy atom. The summed E-state index contributed by atoms with van der Waals surface area (Å²) in [5.41, 5.74) is 2.82. The average Bonchev–Trinajstić information content (AvgIpc) is 3.19. The van der Waals surface area contributed by atoms with Gasteiger partial charge in [-0.05, 0) is 46.9 Å². The van der Waals surface area contributed by atoms with Gasteiger partial charge in [0.1, 0.15) is 6.61 Å². The molecule has 5 nitrogen and oxygen atoms in total. The van der Waals surface area contributed by atoms with Crippen LogP contribution in [-0.4, -0.2) is 48.0 Å². The molecule has 198 valence electrons. The number of hydrogen-bond donors (Lipinski definition) is 1. The summed E-state index contributed by atoms with van der Waals surface area (Å²) in [6, 6.07) is 18.8. The van der Waals surface area contributed by atoms with Gasteiger partial charge in [0.15, 0.2) is 0 Å². The van der Waals surface area contributed by atoms with Crippen molar-refractivity contribution in [1.29, 1.82) is 0 Å². The van der Waals surface area contributed by atoms with E-state index in [0.717, 1.165) is 34.4 Å². The van der Waals surface area contributed by atoms with Crippen molar-refractivity contribution in [2.45, 2.75) is 49.5 Å². The van der Waals surface area contributed by atoms with E-state index in [1.165, 1.54) is 0 Å². The van der Waals surface area contributed by atoms with Crippen LogP contribution >= 0.6 is 0 Å². The summed E-state index contributed by atoms with van der Waals surface area (Å²) in [5.74, 6) is -0.0859. The molecule has 1 aliphatic carbocycles. The fourth-order valence-electron chi connectivity index (χ4n) is 6.39. The number of carbonyl (C=O) groups is 1. The van der Waals surface area contributed by atoms with Crippen molar-refractivity contribution in [2.24, 2.45) is 0 Å². The molecule has 2 atom stereocenters. The van der Waals surface area contributed by atoms with Crippen LogP contribution in [-0.2, 0) is 21.3 Å². The standard InChI is InChI=1S/C30H28F3NO4/c1-18-10-19(12-20(11-18)30(31,32)33)29(36)13-21-15-37-16-22(14-29)34(21)28(35)38-17-27-25-8-4-2-6-23(25)24-7-3-5-9-26(24)27/h2-12,21-22,27,36H,13-17H2,1H3. The molecule has 0 radical (unpaired) electrons. The van der Waals surface area contributed by atoms with Crippen molar-refractivity contribution in [3.05, 3.63) is 94.5 Å². The Labute approximate surface area is 218 Å². The monoisotopic (exact) mass is 523 g/mol. The molecule has 2 unspecified atom stereocenters. The molecule has 0 spiro atoms. The minimum Gasteiger partial charge on any atom is -0.448 e. The number of piperidine rings is 1. The number of morpholine rings is 1. The van der Waals surface area contributed by atoms with Crippen LogP contribution in [0.2, 0.25) is 0 Å². The molecule has 2 fully saturated rings. The zero-order valence-electron chi connectivity index (χ0n) is 20.9. The van der Waals surface area contributed by atoms with Crippen molar-refractivity contribution in [2.75, 3.05) is 19.8 Å². The summed E-state index contributed by atoms with van der Waals surface area (Å²) in [6.07, 6.45) is -4.88. The summed E-state index contributed by atoms with van der Waals surface area (Å²) in [4.78, 5) is 15.0. The number of aryl methyl sites for hydroxylation is 1. The first-order valence-electron chi connectivity index (χ1n) is 12.8. The first-order chi connectivity index (χ1) is 18.1. The molecule has 8 heteroatoms. The molecule has 2 heterocycles. The highest BCUT2D eigenvalue weighted by Crippen LogP contribution is 2.46. The van der Waals surface area contributed by atoms with Crippen molar-refractivity contribution < 1.29 is 32.5 Å². The van der Waals surface area contributed by atoms with Crippen molar-refractivity contribution >= 4 is 6.09 Å². The molecule has 6 rings (SSSR count). The molecule has 0 saturated carbocycles. The molecular weight excluding hydrogens is 495 g/mol. The molecule has 1 N–H and O–H groups in total. The van der Waals surface area contributed by atoms with E-state index in [2.05, 4.69) is 24.3 Å². The summed E-state index contributed by atoms with van der Waals surface area (Å²) in [5, 5.41) is 11.6. The lowest BCUT2D eigenvalue weighted by Gasteiger charge is -2.51. The highest BCUT2D eigenvalue weighted by atomic mass is 19.4. The summed E-state index contributed by atoms with van der Waals surface area (Å²) < 4.78 is 51.9. The largest absolute Gasteiger partial charge is 0.448 e. The van der Waals surface area contributed by atoms with E-state index >= 15 is 0 Å². The van der Waals surface area contributed by atoms with E-state index in [-0.39, 0.29) is 44.1 Å². The zero-order chi connectivity index (χ0) is 26.7. The van der Waals surface area contributed by atoms with E-state index in [4.69, 9.17) is 9.47 Å². The van der Waals surface area contributed by atoms with Crippen LogP contribution in [0.5, 0.6) is 0 Å². The van der Waals surface area contributed by atoms with Gasteiger partial charge < -0.3 is 14.6 Å². The SMILES string of the molecule is Cc1cc(C(F)(F)F)cc(C2(O)CC3COCC(C2)N3C(=O)OCC2c3ccccc3-c3ccccc32)c1. The number of benzene rings is 3. The van der Waals surface area contributed by atoms with Crippen molar-refractivity contribution in [3.8, 4) is 11.1 Å². The maximum Gasteiger partial charge on any atom is 0.416 e. The molecule has 3 aromatic rings. The van der Waals surface area contributed by atoms with Gasteiger partial charge in [-0.3, -0.25) is 4.90 Å². The van der Waals surface area contributed by atoms with Crippen LogP contribution < -0.4 is 0 Å². The zero-order valence-corrected chi connectivity index (χ0v) is 20.9. The number of rotatable bonds is 3. The quantitative estimate of drug-likeness (QED) is 0.457. The van der Waals surface area contributed by atoms with Crippen LogP contribution in [0.3, 0.4) is 0 Å². The van der Waals surface area contributed by atoms with Gasteiger partial charge in [0.05, 0.1) is 36.5 Å². The Bertz CT molecular complexity index is 1330. The van der Waals surface area contributed by atoms with Crippen molar-refractivity contribution in [3.63, 3.8) is 0 Å². The van der Waals surface area contributed by atoms with E-state index in [1.807, 2.05) is 24.3 Å². The highest BCUT2D eigenvalue weighted by molar-refractivity contribution is 5.79. The van der Waals surface area contributed by atoms with Crippen LogP contribution in [0.25, 0.3) is 11.1 Å². The molecule has 3 aromatic carbocycles. The first kappa shape index (κ1) is 24.9. The number of carbonyl (C=O) groups excluding carboxylic acids is 1. The molecular formula is C30H28F3NO4. The topological polar surface area (TPSA) is 59.0 Å². The van der Waals surface area contributed by atoms with Crippen LogP contribution in [0.15, 0.2) is 66.7 Å². The summed E-state index contributed by atoms with van der Waals surface area (Å²) in [6.45, 7) is 2.11. The number of alkyl halides is 3. The van der Waals surface area contributed by atoms with Crippen molar-refractivity contribution in [1.82, 2.24) is 4.90 Å². The number of nitrogens with zero attached hydrogens (tertiary/aromatic N) is 1. The summed E-state index contributed by atoms with van der Waals surface area (Å²) >= 11 is 0. The van der Waals surface area contributed by atoms with Crippen LogP contribution in [0, 0.1) is 6.92 Å². The number of aliphatic hydroxyl groups is 1. The Hall–Kier alpha value is -3.36.